The molecule has 0 radical (unpaired) electrons. The minimum Gasteiger partial charge on any atom is -0.480 e. The van der Waals surface area contributed by atoms with E-state index >= 15 is 0 Å². The standard InChI is InChI=1S/C13H24N2O3/c1-9(2)15-6-5-10(8-15)7-14-11(16)13(3,4)12(17)18/h9-10H,5-8H2,1-4H3,(H,14,16)(H,17,18). The molecule has 2 N–H and O–H groups in total. The number of nitrogens with zero attached hydrogens (tertiary/aromatic N) is 1. The van der Waals surface area contributed by atoms with Crippen LogP contribution in [0.4, 0.5) is 0 Å². The molecule has 0 aliphatic carbocycles. The summed E-state index contributed by atoms with van der Waals surface area (Å²) in [5, 5.41) is 11.7. The molecule has 0 aromatic heterocycles. The van der Waals surface area contributed by atoms with Crippen LogP contribution in [-0.2, 0) is 9.59 Å². The highest BCUT2D eigenvalue weighted by atomic mass is 16.4. The maximum Gasteiger partial charge on any atom is 0.318 e. The lowest BCUT2D eigenvalue weighted by Gasteiger charge is -2.22. The Morgan fingerprint density at radius 1 is 1.44 bits per heavy atom. The van der Waals surface area contributed by atoms with Crippen LogP contribution in [0.2, 0.25) is 0 Å². The average molecular weight is 256 g/mol. The summed E-state index contributed by atoms with van der Waals surface area (Å²) in [5.41, 5.74) is -1.35. The topological polar surface area (TPSA) is 69.6 Å². The Balaban J connectivity index is 2.39. The first kappa shape index (κ1) is 15.0. The maximum atomic E-state index is 11.8. The summed E-state index contributed by atoms with van der Waals surface area (Å²) in [6, 6.07) is 0.529. The van der Waals surface area contributed by atoms with E-state index in [2.05, 4.69) is 24.1 Å². The summed E-state index contributed by atoms with van der Waals surface area (Å²) in [6.07, 6.45) is 1.06. The van der Waals surface area contributed by atoms with Crippen molar-refractivity contribution in [3.05, 3.63) is 0 Å². The van der Waals surface area contributed by atoms with Gasteiger partial charge in [0.2, 0.25) is 5.91 Å². The predicted octanol–water partition coefficient (Wildman–Crippen LogP) is 0.944. The van der Waals surface area contributed by atoms with Gasteiger partial charge in [0.15, 0.2) is 0 Å². The van der Waals surface area contributed by atoms with E-state index in [1.807, 2.05) is 0 Å². The molecular weight excluding hydrogens is 232 g/mol. The largest absolute Gasteiger partial charge is 0.480 e. The van der Waals surface area contributed by atoms with Crippen molar-refractivity contribution < 1.29 is 14.7 Å². The number of likely N-dealkylation sites (tertiary alicyclic amines) is 1. The van der Waals surface area contributed by atoms with Gasteiger partial charge in [0.05, 0.1) is 0 Å². The van der Waals surface area contributed by atoms with Gasteiger partial charge in [-0.05, 0) is 46.6 Å². The van der Waals surface area contributed by atoms with E-state index in [0.717, 1.165) is 19.5 Å². The fourth-order valence-electron chi connectivity index (χ4n) is 2.05. The molecule has 1 heterocycles. The van der Waals surface area contributed by atoms with E-state index in [4.69, 9.17) is 5.11 Å². The van der Waals surface area contributed by atoms with Crippen LogP contribution >= 0.6 is 0 Å². The highest BCUT2D eigenvalue weighted by molar-refractivity contribution is 6.00. The van der Waals surface area contributed by atoms with E-state index in [-0.39, 0.29) is 0 Å². The van der Waals surface area contributed by atoms with Crippen molar-refractivity contribution in [1.82, 2.24) is 10.2 Å². The van der Waals surface area contributed by atoms with Gasteiger partial charge in [0, 0.05) is 19.1 Å². The molecule has 1 aliphatic heterocycles. The summed E-state index contributed by atoms with van der Waals surface area (Å²) in [4.78, 5) is 25.1. The molecule has 18 heavy (non-hydrogen) atoms. The lowest BCUT2D eigenvalue weighted by molar-refractivity contribution is -0.153. The lowest BCUT2D eigenvalue weighted by atomic mass is 9.92. The predicted molar refractivity (Wildman–Crippen MR) is 69.2 cm³/mol. The van der Waals surface area contributed by atoms with E-state index in [0.29, 0.717) is 18.5 Å². The molecule has 1 rings (SSSR count). The van der Waals surface area contributed by atoms with Crippen molar-refractivity contribution in [2.75, 3.05) is 19.6 Å². The van der Waals surface area contributed by atoms with E-state index < -0.39 is 17.3 Å². The average Bonchev–Trinajstić information content (AvgIpc) is 2.74. The fraction of sp³-hybridized carbons (Fsp3) is 0.846. The monoisotopic (exact) mass is 256 g/mol. The van der Waals surface area contributed by atoms with Gasteiger partial charge < -0.3 is 15.3 Å². The second-order valence-corrected chi connectivity index (χ2v) is 5.88. The number of amides is 1. The van der Waals surface area contributed by atoms with Crippen LogP contribution in [0.5, 0.6) is 0 Å². The van der Waals surface area contributed by atoms with Crippen molar-refractivity contribution in [2.24, 2.45) is 11.3 Å². The Morgan fingerprint density at radius 2 is 2.06 bits per heavy atom. The molecule has 0 saturated carbocycles. The van der Waals surface area contributed by atoms with Crippen LogP contribution in [0.25, 0.3) is 0 Å². The van der Waals surface area contributed by atoms with E-state index in [1.54, 1.807) is 0 Å². The molecule has 1 unspecified atom stereocenters. The molecule has 1 aliphatic rings. The van der Waals surface area contributed by atoms with Gasteiger partial charge in [0.25, 0.3) is 0 Å². The Hall–Kier alpha value is -1.10. The molecule has 1 amide bonds. The molecule has 5 heteroatoms. The summed E-state index contributed by atoms with van der Waals surface area (Å²) in [5.74, 6) is -1.06. The van der Waals surface area contributed by atoms with Crippen LogP contribution in [-0.4, -0.2) is 47.6 Å². The highest BCUT2D eigenvalue weighted by Gasteiger charge is 2.36. The number of hydrogen-bond donors (Lipinski definition) is 2. The molecule has 0 spiro atoms. The Morgan fingerprint density at radius 3 is 2.50 bits per heavy atom. The number of carboxylic acids is 1. The fourth-order valence-corrected chi connectivity index (χ4v) is 2.05. The molecule has 104 valence electrons. The van der Waals surface area contributed by atoms with Crippen molar-refractivity contribution in [3.63, 3.8) is 0 Å². The second-order valence-electron chi connectivity index (χ2n) is 5.88. The van der Waals surface area contributed by atoms with Gasteiger partial charge in [-0.15, -0.1) is 0 Å². The van der Waals surface area contributed by atoms with Crippen molar-refractivity contribution >= 4 is 11.9 Å². The second kappa shape index (κ2) is 5.69. The van der Waals surface area contributed by atoms with Crippen LogP contribution in [0.1, 0.15) is 34.1 Å². The van der Waals surface area contributed by atoms with Crippen LogP contribution in [0.15, 0.2) is 0 Å². The van der Waals surface area contributed by atoms with Crippen LogP contribution in [0, 0.1) is 11.3 Å². The van der Waals surface area contributed by atoms with Crippen molar-refractivity contribution in [2.45, 2.75) is 40.2 Å². The molecular formula is C13H24N2O3. The number of carbonyl (C=O) groups excluding carboxylic acids is 1. The zero-order valence-corrected chi connectivity index (χ0v) is 11.7. The molecule has 0 aromatic carbocycles. The highest BCUT2D eigenvalue weighted by Crippen LogP contribution is 2.19. The molecule has 0 aromatic rings. The first-order valence-electron chi connectivity index (χ1n) is 6.51. The SMILES string of the molecule is CC(C)N1CCC(CNC(=O)C(C)(C)C(=O)O)C1. The summed E-state index contributed by atoms with van der Waals surface area (Å²) in [6.45, 7) is 9.78. The zero-order valence-electron chi connectivity index (χ0n) is 11.7. The van der Waals surface area contributed by atoms with E-state index in [9.17, 15) is 9.59 Å². The number of carboxylic acid groups (broad SMARTS) is 1. The third kappa shape index (κ3) is 3.45. The number of hydrogen-bond acceptors (Lipinski definition) is 3. The maximum absolute atomic E-state index is 11.8. The number of nitrogens with one attached hydrogen (secondary N) is 1. The van der Waals surface area contributed by atoms with Gasteiger partial charge in [-0.25, -0.2) is 0 Å². The normalized spacial score (nSPS) is 21.3. The van der Waals surface area contributed by atoms with Gasteiger partial charge in [-0.1, -0.05) is 0 Å². The van der Waals surface area contributed by atoms with Crippen LogP contribution < -0.4 is 5.32 Å². The third-order valence-corrected chi connectivity index (χ3v) is 3.70. The molecule has 1 fully saturated rings. The van der Waals surface area contributed by atoms with Gasteiger partial charge in [-0.2, -0.15) is 0 Å². The minimum atomic E-state index is -1.35. The first-order chi connectivity index (χ1) is 8.25. The Labute approximate surface area is 109 Å². The Kier molecular flexibility index (Phi) is 4.73. The van der Waals surface area contributed by atoms with Gasteiger partial charge >= 0.3 is 5.97 Å². The van der Waals surface area contributed by atoms with Crippen LogP contribution in [0.3, 0.4) is 0 Å². The van der Waals surface area contributed by atoms with Gasteiger partial charge in [0.1, 0.15) is 5.41 Å². The molecule has 0 bridgehead atoms. The smallest absolute Gasteiger partial charge is 0.318 e. The summed E-state index contributed by atoms with van der Waals surface area (Å²) in [7, 11) is 0. The number of aliphatic carboxylic acids is 1. The molecule has 1 saturated heterocycles. The number of rotatable bonds is 5. The quantitative estimate of drug-likeness (QED) is 0.718. The zero-order chi connectivity index (χ0) is 13.9. The Bertz CT molecular complexity index is 326. The third-order valence-electron chi connectivity index (χ3n) is 3.70. The first-order valence-corrected chi connectivity index (χ1v) is 6.51. The number of carbonyl (C=O) groups is 2. The summed E-state index contributed by atoms with van der Waals surface area (Å²) >= 11 is 0. The molecule has 1 atom stereocenters. The van der Waals surface area contributed by atoms with Gasteiger partial charge in [-0.3, -0.25) is 9.59 Å². The van der Waals surface area contributed by atoms with E-state index in [1.165, 1.54) is 13.8 Å². The van der Waals surface area contributed by atoms with Crippen molar-refractivity contribution in [3.8, 4) is 0 Å². The van der Waals surface area contributed by atoms with Crippen molar-refractivity contribution in [1.29, 1.82) is 0 Å². The minimum absolute atomic E-state index is 0.405. The lowest BCUT2D eigenvalue weighted by Crippen LogP contribution is -2.44. The summed E-state index contributed by atoms with van der Waals surface area (Å²) < 4.78 is 0. The molecule has 5 nitrogen and oxygen atoms in total.